The number of rotatable bonds is 5. The van der Waals surface area contributed by atoms with Crippen LogP contribution in [0.3, 0.4) is 0 Å². The van der Waals surface area contributed by atoms with Gasteiger partial charge in [0.25, 0.3) is 11.4 Å². The van der Waals surface area contributed by atoms with Crippen molar-refractivity contribution >= 4 is 41.7 Å². The number of aromatic amines is 1. The number of nitrogens with two attached hydrogens (primary N) is 1. The predicted octanol–water partition coefficient (Wildman–Crippen LogP) is -3.68. The first-order valence-electron chi connectivity index (χ1n) is 9.15. The van der Waals surface area contributed by atoms with Gasteiger partial charge in [0.05, 0.1) is 0 Å². The van der Waals surface area contributed by atoms with Crippen LogP contribution in [0.4, 0.5) is 4.39 Å². The van der Waals surface area contributed by atoms with Crippen molar-refractivity contribution in [3.8, 4) is 0 Å². The van der Waals surface area contributed by atoms with Crippen LogP contribution >= 0.6 is 12.2 Å². The SMILES string of the molecule is BC(B)(OC(=O)[C@@H](N)C(C)C)[C@@]1(F)O[C@@](B)(n2cc(C)c(=O)[nH]c2=S)[C@H](O)[C@@H]1O. The molecule has 5 atom stereocenters. The van der Waals surface area contributed by atoms with Crippen molar-refractivity contribution in [3.63, 3.8) is 0 Å². The number of hydrogen-bond acceptors (Lipinski definition) is 8. The highest BCUT2D eigenvalue weighted by Crippen LogP contribution is 2.46. The Hall–Kier alpha value is -1.47. The number of carbonyl (C=O) groups is 1. The molecule has 0 unspecified atom stereocenters. The molecule has 1 aliphatic rings. The fourth-order valence-electron chi connectivity index (χ4n) is 3.15. The molecule has 0 bridgehead atoms. The van der Waals surface area contributed by atoms with Gasteiger partial charge in [-0.25, -0.2) is 4.39 Å². The molecule has 9 nitrogen and oxygen atoms in total. The molecule has 0 spiro atoms. The number of halogens is 1. The molecule has 158 valence electrons. The van der Waals surface area contributed by atoms with Crippen LogP contribution in [0.25, 0.3) is 0 Å². The van der Waals surface area contributed by atoms with Crippen molar-refractivity contribution in [1.82, 2.24) is 9.55 Å². The molecule has 14 heteroatoms. The van der Waals surface area contributed by atoms with Gasteiger partial charge in [0, 0.05) is 11.8 Å². The van der Waals surface area contributed by atoms with E-state index >= 15 is 4.39 Å². The Balaban J connectivity index is 2.48. The number of aliphatic hydroxyl groups excluding tert-OH is 2. The Morgan fingerprint density at radius 2 is 2.03 bits per heavy atom. The zero-order chi connectivity index (χ0) is 22.5. The molecule has 1 fully saturated rings. The number of alkyl halides is 1. The highest BCUT2D eigenvalue weighted by molar-refractivity contribution is 7.71. The first-order valence-corrected chi connectivity index (χ1v) is 9.56. The van der Waals surface area contributed by atoms with Crippen molar-refractivity contribution in [2.24, 2.45) is 11.7 Å². The van der Waals surface area contributed by atoms with Crippen LogP contribution in [0, 0.1) is 17.6 Å². The Kier molecular flexibility index (Phi) is 6.29. The Morgan fingerprint density at radius 1 is 1.48 bits per heavy atom. The van der Waals surface area contributed by atoms with E-state index < -0.39 is 46.7 Å². The van der Waals surface area contributed by atoms with Crippen molar-refractivity contribution in [2.75, 3.05) is 0 Å². The largest absolute Gasteiger partial charge is 0.471 e. The van der Waals surface area contributed by atoms with Gasteiger partial charge < -0.3 is 30.0 Å². The number of esters is 1. The second-order valence-electron chi connectivity index (χ2n) is 8.33. The number of ether oxygens (including phenoxy) is 2. The zero-order valence-corrected chi connectivity index (χ0v) is 18.0. The second-order valence-corrected chi connectivity index (χ2v) is 8.72. The third kappa shape index (κ3) is 3.84. The molecule has 1 aromatic rings. The number of aryl methyl sites for hydroxylation is 1. The lowest BCUT2D eigenvalue weighted by atomic mass is 9.59. The van der Waals surface area contributed by atoms with E-state index in [1.165, 1.54) is 36.7 Å². The molecule has 1 aliphatic heterocycles. The van der Waals surface area contributed by atoms with E-state index in [1.807, 2.05) is 0 Å². The summed E-state index contributed by atoms with van der Waals surface area (Å²) in [5.74, 6) is -4.15. The van der Waals surface area contributed by atoms with E-state index in [0.29, 0.717) is 0 Å². The van der Waals surface area contributed by atoms with Crippen LogP contribution in [-0.2, 0) is 19.9 Å². The van der Waals surface area contributed by atoms with Crippen LogP contribution < -0.4 is 11.3 Å². The minimum Gasteiger partial charge on any atom is -0.471 e. The third-order valence-corrected chi connectivity index (χ3v) is 5.65. The van der Waals surface area contributed by atoms with Gasteiger partial charge in [0.15, 0.2) is 28.3 Å². The molecule has 2 heterocycles. The first-order chi connectivity index (χ1) is 13.1. The number of nitrogens with one attached hydrogen (secondary N) is 1. The highest BCUT2D eigenvalue weighted by Gasteiger charge is 2.68. The fourth-order valence-corrected chi connectivity index (χ4v) is 3.47. The lowest BCUT2D eigenvalue weighted by Gasteiger charge is -2.40. The van der Waals surface area contributed by atoms with E-state index in [1.54, 1.807) is 13.8 Å². The summed E-state index contributed by atoms with van der Waals surface area (Å²) in [5.41, 5.74) is 3.64. The lowest BCUT2D eigenvalue weighted by molar-refractivity contribution is -0.250. The minimum absolute atomic E-state index is 0.143. The summed E-state index contributed by atoms with van der Waals surface area (Å²) in [6.07, 6.45) is -2.61. The van der Waals surface area contributed by atoms with Crippen LogP contribution in [0.15, 0.2) is 11.0 Å². The quantitative estimate of drug-likeness (QED) is 0.214. The van der Waals surface area contributed by atoms with E-state index in [2.05, 4.69) is 4.98 Å². The Morgan fingerprint density at radius 3 is 2.55 bits per heavy atom. The van der Waals surface area contributed by atoms with Gasteiger partial charge in [0.2, 0.25) is 0 Å². The minimum atomic E-state index is -3.01. The summed E-state index contributed by atoms with van der Waals surface area (Å²) < 4.78 is 27.7. The molecule has 1 aromatic heterocycles. The molecule has 0 aromatic carbocycles. The molecular weight excluding hydrogens is 402 g/mol. The average molecular weight is 427 g/mol. The summed E-state index contributed by atoms with van der Waals surface area (Å²) in [4.78, 5) is 26.4. The van der Waals surface area contributed by atoms with Gasteiger partial charge >= 0.3 is 5.97 Å². The van der Waals surface area contributed by atoms with Crippen LogP contribution in [0.2, 0.25) is 0 Å². The molecule has 0 saturated carbocycles. The summed E-state index contributed by atoms with van der Waals surface area (Å²) in [7, 11) is 3.71. The summed E-state index contributed by atoms with van der Waals surface area (Å²) >= 11 is 5.11. The van der Waals surface area contributed by atoms with E-state index in [4.69, 9.17) is 27.4 Å². The van der Waals surface area contributed by atoms with Crippen LogP contribution in [-0.4, -0.2) is 78.8 Å². The topological polar surface area (TPSA) is 140 Å². The van der Waals surface area contributed by atoms with E-state index in [-0.39, 0.29) is 16.3 Å². The zero-order valence-electron chi connectivity index (χ0n) is 17.2. The second kappa shape index (κ2) is 7.66. The molecule has 1 saturated heterocycles. The molecule has 2 rings (SSSR count). The summed E-state index contributed by atoms with van der Waals surface area (Å²) in [6.45, 7) is 4.89. The number of carbonyl (C=O) groups excluding carboxylic acids is 1. The predicted molar refractivity (Wildman–Crippen MR) is 113 cm³/mol. The molecule has 5 N–H and O–H groups in total. The van der Waals surface area contributed by atoms with E-state index in [0.717, 1.165) is 4.57 Å². The van der Waals surface area contributed by atoms with Gasteiger partial charge in [-0.05, 0) is 25.1 Å². The first kappa shape index (κ1) is 23.8. The van der Waals surface area contributed by atoms with Crippen molar-refractivity contribution in [3.05, 3.63) is 26.9 Å². The fraction of sp³-hybridized carbons (Fsp3) is 0.667. The molecule has 0 amide bonds. The molecule has 0 radical (unpaired) electrons. The monoisotopic (exact) mass is 427 g/mol. The Labute approximate surface area is 175 Å². The normalized spacial score (nSPS) is 31.0. The Bertz CT molecular complexity index is 927. The maximum absolute atomic E-state index is 16.0. The maximum atomic E-state index is 16.0. The van der Waals surface area contributed by atoms with E-state index in [9.17, 15) is 19.8 Å². The number of H-pyrrole nitrogens is 1. The number of aromatic nitrogens is 2. The standard InChI is InChI=1S/C15H25B3FN3O6S/c1-5(2)7(20)11(26)27-15(17,18)13(19)8(23)9(24)14(16,28-13)22-4-6(3)10(25)21-12(22)29/h4-5,7-9,23-24H,16-18,20H2,1-3H3,(H,21,25,29)/t7-,8-,9+,13-,14-/m0/s1. The maximum Gasteiger partial charge on any atom is 0.322 e. The molecule has 29 heavy (non-hydrogen) atoms. The highest BCUT2D eigenvalue weighted by atomic mass is 32.1. The molecular formula is C15H25B3FN3O6S. The van der Waals surface area contributed by atoms with Gasteiger partial charge in [-0.1, -0.05) is 13.8 Å². The van der Waals surface area contributed by atoms with Crippen LogP contribution in [0.5, 0.6) is 0 Å². The lowest BCUT2D eigenvalue weighted by Crippen LogP contribution is -2.62. The van der Waals surface area contributed by atoms with Crippen molar-refractivity contribution in [1.29, 1.82) is 0 Å². The van der Waals surface area contributed by atoms with Gasteiger partial charge in [-0.2, -0.15) is 0 Å². The average Bonchev–Trinajstić information content (AvgIpc) is 2.79. The third-order valence-electron chi connectivity index (χ3n) is 5.35. The van der Waals surface area contributed by atoms with Crippen molar-refractivity contribution in [2.45, 2.75) is 55.9 Å². The summed E-state index contributed by atoms with van der Waals surface area (Å²) in [6, 6.07) is -1.01. The van der Waals surface area contributed by atoms with Crippen LogP contribution in [0.1, 0.15) is 19.4 Å². The number of aliphatic hydroxyl groups is 2. The van der Waals surface area contributed by atoms with Gasteiger partial charge in [0.1, 0.15) is 29.3 Å². The van der Waals surface area contributed by atoms with Gasteiger partial charge in [-0.15, -0.1) is 0 Å². The summed E-state index contributed by atoms with van der Waals surface area (Å²) in [5, 5.41) is 19.2. The number of nitrogens with zero attached hydrogens (tertiary/aromatic N) is 1. The smallest absolute Gasteiger partial charge is 0.322 e. The molecule has 0 aliphatic carbocycles. The van der Waals surface area contributed by atoms with Crippen molar-refractivity contribution < 1.29 is 28.9 Å². The number of hydrogen-bond donors (Lipinski definition) is 4. The van der Waals surface area contributed by atoms with Gasteiger partial charge in [-0.3, -0.25) is 14.6 Å².